The minimum absolute atomic E-state index is 0.255. The molecule has 2 aromatic heterocycles. The lowest BCUT2D eigenvalue weighted by Gasteiger charge is -2.05. The third-order valence-corrected chi connectivity index (χ3v) is 4.20. The summed E-state index contributed by atoms with van der Waals surface area (Å²) < 4.78 is 3.07. The van der Waals surface area contributed by atoms with E-state index in [0.29, 0.717) is 5.92 Å². The average molecular weight is 315 g/mol. The van der Waals surface area contributed by atoms with Gasteiger partial charge < -0.3 is 9.51 Å². The molecule has 2 heterocycles. The van der Waals surface area contributed by atoms with E-state index in [1.807, 2.05) is 41.4 Å². The molecule has 3 nitrogen and oxygen atoms in total. The number of halogens is 1. The van der Waals surface area contributed by atoms with E-state index < -0.39 is 0 Å². The molecular formula is C12H15BrN2OS. The number of imidazole rings is 1. The molecule has 92 valence electrons. The summed E-state index contributed by atoms with van der Waals surface area (Å²) in [5.74, 6) is 2.21. The van der Waals surface area contributed by atoms with Gasteiger partial charge in [0.15, 0.2) is 0 Å². The zero-order chi connectivity index (χ0) is 12.3. The van der Waals surface area contributed by atoms with E-state index >= 15 is 0 Å². The first-order chi connectivity index (χ1) is 8.19. The molecule has 1 atom stereocenters. The highest BCUT2D eigenvalue weighted by atomic mass is 79.9. The Morgan fingerprint density at radius 1 is 1.47 bits per heavy atom. The molecule has 0 aromatic carbocycles. The van der Waals surface area contributed by atoms with E-state index in [9.17, 15) is 0 Å². The smallest absolute Gasteiger partial charge is 0.137 e. The number of rotatable bonds is 5. The van der Waals surface area contributed by atoms with Crippen molar-refractivity contribution in [2.24, 2.45) is 5.92 Å². The SMILES string of the molecule is CC(CO)CSCc1cn2cc(Br)ccc2n1. The van der Waals surface area contributed by atoms with Crippen LogP contribution in [0.3, 0.4) is 0 Å². The van der Waals surface area contributed by atoms with Crippen molar-refractivity contribution in [3.8, 4) is 0 Å². The van der Waals surface area contributed by atoms with Crippen LogP contribution in [0.1, 0.15) is 12.6 Å². The van der Waals surface area contributed by atoms with Gasteiger partial charge in [0.25, 0.3) is 0 Å². The molecule has 0 aliphatic heterocycles. The van der Waals surface area contributed by atoms with E-state index in [1.54, 1.807) is 0 Å². The van der Waals surface area contributed by atoms with Crippen molar-refractivity contribution in [3.63, 3.8) is 0 Å². The van der Waals surface area contributed by atoms with Crippen LogP contribution in [0.4, 0.5) is 0 Å². The topological polar surface area (TPSA) is 37.5 Å². The van der Waals surface area contributed by atoms with Gasteiger partial charge in [-0.15, -0.1) is 0 Å². The van der Waals surface area contributed by atoms with Gasteiger partial charge in [-0.2, -0.15) is 11.8 Å². The fraction of sp³-hybridized carbons (Fsp3) is 0.417. The van der Waals surface area contributed by atoms with Gasteiger partial charge >= 0.3 is 0 Å². The molecule has 2 aromatic rings. The number of aromatic nitrogens is 2. The Morgan fingerprint density at radius 3 is 3.06 bits per heavy atom. The summed E-state index contributed by atoms with van der Waals surface area (Å²) >= 11 is 5.25. The zero-order valence-corrected chi connectivity index (χ0v) is 12.0. The largest absolute Gasteiger partial charge is 0.396 e. The normalized spacial score (nSPS) is 13.1. The van der Waals surface area contributed by atoms with Gasteiger partial charge in [0.05, 0.1) is 5.69 Å². The maximum absolute atomic E-state index is 8.94. The first kappa shape index (κ1) is 12.9. The van der Waals surface area contributed by atoms with Crippen molar-refractivity contribution in [1.29, 1.82) is 0 Å². The highest BCUT2D eigenvalue weighted by Gasteiger charge is 2.04. The van der Waals surface area contributed by atoms with Crippen molar-refractivity contribution >= 4 is 33.3 Å². The summed E-state index contributed by atoms with van der Waals surface area (Å²) in [6.45, 7) is 2.30. The third kappa shape index (κ3) is 3.47. The van der Waals surface area contributed by atoms with Crippen molar-refractivity contribution in [2.45, 2.75) is 12.7 Å². The summed E-state index contributed by atoms with van der Waals surface area (Å²) in [6, 6.07) is 3.99. The average Bonchev–Trinajstić information content (AvgIpc) is 2.70. The fourth-order valence-electron chi connectivity index (χ4n) is 1.50. The Labute approximate surface area is 113 Å². The Morgan fingerprint density at radius 2 is 2.29 bits per heavy atom. The quantitative estimate of drug-likeness (QED) is 0.922. The molecule has 0 radical (unpaired) electrons. The number of pyridine rings is 1. The molecule has 0 aliphatic rings. The zero-order valence-electron chi connectivity index (χ0n) is 9.64. The summed E-state index contributed by atoms with van der Waals surface area (Å²) in [5.41, 5.74) is 2.05. The van der Waals surface area contributed by atoms with E-state index in [1.165, 1.54) is 0 Å². The maximum atomic E-state index is 8.94. The number of aliphatic hydroxyl groups is 1. The van der Waals surface area contributed by atoms with Crippen LogP contribution in [0, 0.1) is 5.92 Å². The van der Waals surface area contributed by atoms with Crippen LogP contribution in [0.25, 0.3) is 5.65 Å². The second kappa shape index (κ2) is 5.89. The molecule has 0 aliphatic carbocycles. The van der Waals surface area contributed by atoms with Crippen molar-refractivity contribution in [2.75, 3.05) is 12.4 Å². The number of hydrogen-bond acceptors (Lipinski definition) is 3. The second-order valence-corrected chi connectivity index (χ2v) is 6.09. The highest BCUT2D eigenvalue weighted by molar-refractivity contribution is 9.10. The van der Waals surface area contributed by atoms with Gasteiger partial charge in [-0.3, -0.25) is 0 Å². The van der Waals surface area contributed by atoms with Gasteiger partial charge in [-0.25, -0.2) is 4.98 Å². The van der Waals surface area contributed by atoms with Crippen LogP contribution >= 0.6 is 27.7 Å². The van der Waals surface area contributed by atoms with Crippen LogP contribution in [0.15, 0.2) is 29.0 Å². The van der Waals surface area contributed by atoms with Crippen LogP contribution in [-0.2, 0) is 5.75 Å². The molecule has 1 unspecified atom stereocenters. The monoisotopic (exact) mass is 314 g/mol. The summed E-state index contributed by atoms with van der Waals surface area (Å²) in [4.78, 5) is 4.54. The van der Waals surface area contributed by atoms with Crippen LogP contribution in [0.5, 0.6) is 0 Å². The second-order valence-electron chi connectivity index (χ2n) is 4.15. The molecule has 0 spiro atoms. The minimum atomic E-state index is 0.255. The van der Waals surface area contributed by atoms with Crippen molar-refractivity contribution < 1.29 is 5.11 Å². The van der Waals surface area contributed by atoms with Gasteiger partial charge in [0.2, 0.25) is 0 Å². The molecule has 2 rings (SSSR count). The van der Waals surface area contributed by atoms with Gasteiger partial charge in [0.1, 0.15) is 5.65 Å². The number of aliphatic hydroxyl groups excluding tert-OH is 1. The fourth-order valence-corrected chi connectivity index (χ4v) is 2.83. The number of thioether (sulfide) groups is 1. The van der Waals surface area contributed by atoms with Crippen LogP contribution in [-0.4, -0.2) is 26.9 Å². The van der Waals surface area contributed by atoms with E-state index in [2.05, 4.69) is 27.1 Å². The molecular weight excluding hydrogens is 300 g/mol. The predicted octanol–water partition coefficient (Wildman–Crippen LogP) is 2.96. The molecule has 0 saturated carbocycles. The standard InChI is InChI=1S/C12H15BrN2OS/c1-9(6-16)7-17-8-11-5-15-4-10(13)2-3-12(15)14-11/h2-5,9,16H,6-8H2,1H3. The summed E-state index contributed by atoms with van der Waals surface area (Å²) in [7, 11) is 0. The Bertz CT molecular complexity index is 500. The molecule has 0 amide bonds. The first-order valence-corrected chi connectivity index (χ1v) is 7.45. The van der Waals surface area contributed by atoms with E-state index in [-0.39, 0.29) is 6.61 Å². The molecule has 17 heavy (non-hydrogen) atoms. The Hall–Kier alpha value is -0.520. The van der Waals surface area contributed by atoms with Gasteiger partial charge in [-0.05, 0) is 39.7 Å². The third-order valence-electron chi connectivity index (χ3n) is 2.43. The predicted molar refractivity (Wildman–Crippen MR) is 75.3 cm³/mol. The lowest BCUT2D eigenvalue weighted by Crippen LogP contribution is -2.03. The van der Waals surface area contributed by atoms with Crippen LogP contribution < -0.4 is 0 Å². The van der Waals surface area contributed by atoms with Gasteiger partial charge in [0, 0.05) is 29.2 Å². The molecule has 1 N–H and O–H groups in total. The molecule has 0 fully saturated rings. The molecule has 5 heteroatoms. The number of fused-ring (bicyclic) bond motifs is 1. The molecule has 0 bridgehead atoms. The summed E-state index contributed by atoms with van der Waals surface area (Å²) in [5, 5.41) is 8.94. The van der Waals surface area contributed by atoms with Crippen molar-refractivity contribution in [3.05, 3.63) is 34.7 Å². The van der Waals surface area contributed by atoms with E-state index in [0.717, 1.165) is 27.3 Å². The van der Waals surface area contributed by atoms with Gasteiger partial charge in [-0.1, -0.05) is 6.92 Å². The number of nitrogens with zero attached hydrogens (tertiary/aromatic N) is 2. The Balaban J connectivity index is 1.99. The first-order valence-electron chi connectivity index (χ1n) is 5.51. The lowest BCUT2D eigenvalue weighted by molar-refractivity contribution is 0.250. The molecule has 0 saturated heterocycles. The lowest BCUT2D eigenvalue weighted by atomic mass is 10.2. The Kier molecular flexibility index (Phi) is 4.48. The van der Waals surface area contributed by atoms with Crippen molar-refractivity contribution in [1.82, 2.24) is 9.38 Å². The highest BCUT2D eigenvalue weighted by Crippen LogP contribution is 2.17. The minimum Gasteiger partial charge on any atom is -0.396 e. The summed E-state index contributed by atoms with van der Waals surface area (Å²) in [6.07, 6.45) is 4.06. The van der Waals surface area contributed by atoms with Crippen LogP contribution in [0.2, 0.25) is 0 Å². The van der Waals surface area contributed by atoms with E-state index in [4.69, 9.17) is 5.11 Å². The maximum Gasteiger partial charge on any atom is 0.137 e. The number of hydrogen-bond donors (Lipinski definition) is 1.